The number of aliphatic hydroxyl groups is 1. The van der Waals surface area contributed by atoms with Gasteiger partial charge in [0.15, 0.2) is 5.82 Å². The van der Waals surface area contributed by atoms with E-state index in [-0.39, 0.29) is 23.4 Å². The fourth-order valence-electron chi connectivity index (χ4n) is 3.34. The third kappa shape index (κ3) is 4.99. The van der Waals surface area contributed by atoms with Gasteiger partial charge in [0.25, 0.3) is 5.91 Å². The van der Waals surface area contributed by atoms with E-state index in [1.165, 1.54) is 6.33 Å². The fraction of sp³-hybridized carbons (Fsp3) is 0.364. The molecule has 1 fully saturated rings. The maximum absolute atomic E-state index is 15.6. The highest BCUT2D eigenvalue weighted by Crippen LogP contribution is 2.33. The Balaban J connectivity index is 1.73. The topological polar surface area (TPSA) is 88.4 Å². The van der Waals surface area contributed by atoms with Crippen LogP contribution in [0.4, 0.5) is 15.8 Å². The number of carbonyl (C=O) groups is 1. The van der Waals surface area contributed by atoms with Crippen LogP contribution in [0.2, 0.25) is 0 Å². The van der Waals surface area contributed by atoms with Crippen LogP contribution in [0.1, 0.15) is 35.2 Å². The molecule has 0 aliphatic heterocycles. The Morgan fingerprint density at radius 3 is 2.90 bits per heavy atom. The normalized spacial score (nSPS) is 13.5. The van der Waals surface area contributed by atoms with Crippen LogP contribution in [0.3, 0.4) is 0 Å². The van der Waals surface area contributed by atoms with E-state index in [4.69, 9.17) is 9.94 Å². The number of aromatic nitrogens is 2. The van der Waals surface area contributed by atoms with Gasteiger partial charge >= 0.3 is 0 Å². The van der Waals surface area contributed by atoms with Crippen LogP contribution in [0.25, 0.3) is 11.0 Å². The molecule has 1 aliphatic rings. The molecule has 7 nitrogen and oxygen atoms in total. The first-order valence-corrected chi connectivity index (χ1v) is 11.3. The average Bonchev–Trinajstić information content (AvgIpc) is 3.48. The van der Waals surface area contributed by atoms with Gasteiger partial charge in [-0.05, 0) is 84.5 Å². The van der Waals surface area contributed by atoms with Gasteiger partial charge in [-0.1, -0.05) is 0 Å². The number of aryl methyl sites for hydroxylation is 2. The van der Waals surface area contributed by atoms with Crippen molar-refractivity contribution in [2.45, 2.75) is 32.7 Å². The summed E-state index contributed by atoms with van der Waals surface area (Å²) in [7, 11) is 0. The van der Waals surface area contributed by atoms with Gasteiger partial charge < -0.3 is 15.0 Å². The van der Waals surface area contributed by atoms with Crippen molar-refractivity contribution in [3.05, 3.63) is 51.1 Å². The predicted molar refractivity (Wildman–Crippen MR) is 125 cm³/mol. The number of hydrogen-bond donors (Lipinski definition) is 3. The number of nitrogens with zero attached hydrogens (tertiary/aromatic N) is 2. The van der Waals surface area contributed by atoms with Gasteiger partial charge in [0.2, 0.25) is 0 Å². The van der Waals surface area contributed by atoms with E-state index in [9.17, 15) is 4.79 Å². The fourth-order valence-corrected chi connectivity index (χ4v) is 3.99. The Bertz CT molecular complexity index is 1110. The van der Waals surface area contributed by atoms with Crippen LogP contribution in [0, 0.1) is 22.2 Å². The first-order chi connectivity index (χ1) is 15.0. The minimum Gasteiger partial charge on any atom is -0.396 e. The summed E-state index contributed by atoms with van der Waals surface area (Å²) in [6.07, 6.45) is 4.22. The molecule has 0 unspecified atom stereocenters. The number of fused-ring (bicyclic) bond motifs is 1. The van der Waals surface area contributed by atoms with Crippen LogP contribution in [-0.4, -0.2) is 33.8 Å². The van der Waals surface area contributed by atoms with Crippen molar-refractivity contribution >= 4 is 50.9 Å². The van der Waals surface area contributed by atoms with E-state index in [1.807, 2.05) is 25.1 Å². The molecule has 1 heterocycles. The molecule has 3 aromatic rings. The second kappa shape index (κ2) is 9.49. The lowest BCUT2D eigenvalue weighted by molar-refractivity contribution is 0.0271. The third-order valence-corrected chi connectivity index (χ3v) is 5.96. The molecule has 1 amide bonds. The molecule has 0 radical (unpaired) electrons. The summed E-state index contributed by atoms with van der Waals surface area (Å²) >= 11 is 2.21. The van der Waals surface area contributed by atoms with Gasteiger partial charge in [0.05, 0.1) is 29.7 Å². The SMILES string of the molecule is Cc1cc(I)ccc1Nc1c(C(=O)NOCC2CC2)cc2c(ncn2CCCO)c1F. The van der Waals surface area contributed by atoms with Gasteiger partial charge in [0, 0.05) is 22.4 Å². The number of nitrogens with one attached hydrogen (secondary N) is 2. The summed E-state index contributed by atoms with van der Waals surface area (Å²) < 4.78 is 18.4. The molecular formula is C22H24FIN4O3. The summed E-state index contributed by atoms with van der Waals surface area (Å²) in [5.74, 6) is -0.654. The van der Waals surface area contributed by atoms with Crippen LogP contribution in [-0.2, 0) is 11.4 Å². The van der Waals surface area contributed by atoms with E-state index in [1.54, 1.807) is 10.6 Å². The van der Waals surface area contributed by atoms with Crippen molar-refractivity contribution in [2.75, 3.05) is 18.5 Å². The number of anilines is 2. The number of aliphatic hydroxyl groups excluding tert-OH is 1. The number of hydroxylamine groups is 1. The maximum atomic E-state index is 15.6. The van der Waals surface area contributed by atoms with Crippen molar-refractivity contribution in [2.24, 2.45) is 5.92 Å². The largest absolute Gasteiger partial charge is 0.396 e. The number of rotatable bonds is 9. The molecule has 1 saturated carbocycles. The second-order valence-electron chi connectivity index (χ2n) is 7.77. The van der Waals surface area contributed by atoms with Crippen molar-refractivity contribution in [1.82, 2.24) is 15.0 Å². The maximum Gasteiger partial charge on any atom is 0.277 e. The summed E-state index contributed by atoms with van der Waals surface area (Å²) in [6, 6.07) is 7.35. The van der Waals surface area contributed by atoms with Gasteiger partial charge in [-0.25, -0.2) is 14.9 Å². The molecule has 31 heavy (non-hydrogen) atoms. The molecule has 2 aromatic carbocycles. The van der Waals surface area contributed by atoms with E-state index in [0.717, 1.165) is 22.0 Å². The Kier molecular flexibility index (Phi) is 6.73. The average molecular weight is 538 g/mol. The quantitative estimate of drug-likeness (QED) is 0.280. The molecule has 4 rings (SSSR count). The number of hydrogen-bond acceptors (Lipinski definition) is 5. The molecule has 0 spiro atoms. The van der Waals surface area contributed by atoms with Crippen LogP contribution < -0.4 is 10.8 Å². The summed E-state index contributed by atoms with van der Waals surface area (Å²) in [5, 5.41) is 12.2. The lowest BCUT2D eigenvalue weighted by atomic mass is 10.1. The number of carbonyl (C=O) groups excluding carboxylic acids is 1. The molecule has 0 bridgehead atoms. The Morgan fingerprint density at radius 1 is 1.39 bits per heavy atom. The van der Waals surface area contributed by atoms with Crippen molar-refractivity contribution in [3.8, 4) is 0 Å². The molecule has 164 valence electrons. The molecule has 1 aliphatic carbocycles. The molecule has 0 saturated heterocycles. The molecule has 0 atom stereocenters. The van der Waals surface area contributed by atoms with Crippen molar-refractivity contribution in [3.63, 3.8) is 0 Å². The zero-order valence-corrected chi connectivity index (χ0v) is 19.3. The number of amides is 1. The van der Waals surface area contributed by atoms with Crippen molar-refractivity contribution < 1.29 is 19.1 Å². The second-order valence-corrected chi connectivity index (χ2v) is 9.01. The first-order valence-electron chi connectivity index (χ1n) is 10.2. The zero-order chi connectivity index (χ0) is 22.0. The molecule has 1 aromatic heterocycles. The Hall–Kier alpha value is -2.24. The third-order valence-electron chi connectivity index (χ3n) is 5.29. The van der Waals surface area contributed by atoms with Crippen LogP contribution in [0.15, 0.2) is 30.6 Å². The number of halogens is 2. The predicted octanol–water partition coefficient (Wildman–Crippen LogP) is 4.29. The molecule has 9 heteroatoms. The monoisotopic (exact) mass is 538 g/mol. The summed E-state index contributed by atoms with van der Waals surface area (Å²) in [6.45, 7) is 2.85. The minimum absolute atomic E-state index is 0.0101. The van der Waals surface area contributed by atoms with Gasteiger partial charge in [-0.15, -0.1) is 0 Å². The number of imidazole rings is 1. The number of benzene rings is 2. The summed E-state index contributed by atoms with van der Waals surface area (Å²) in [4.78, 5) is 22.5. The Labute approximate surface area is 193 Å². The molecular weight excluding hydrogens is 514 g/mol. The zero-order valence-electron chi connectivity index (χ0n) is 17.1. The highest BCUT2D eigenvalue weighted by molar-refractivity contribution is 14.1. The molecule has 3 N–H and O–H groups in total. The van der Waals surface area contributed by atoms with Crippen molar-refractivity contribution in [1.29, 1.82) is 0 Å². The van der Waals surface area contributed by atoms with E-state index in [2.05, 4.69) is 38.4 Å². The van der Waals surface area contributed by atoms with Crippen LogP contribution in [0.5, 0.6) is 0 Å². The Morgan fingerprint density at radius 2 is 2.19 bits per heavy atom. The summed E-state index contributed by atoms with van der Waals surface area (Å²) in [5.41, 5.74) is 4.91. The highest BCUT2D eigenvalue weighted by atomic mass is 127. The standard InChI is InChI=1S/C22H24FIN4O3/c1-13-9-15(24)5-6-17(13)26-20-16(22(30)27-31-11-14-3-4-14)10-18-21(19(20)23)25-12-28(18)7-2-8-29/h5-6,9-10,12,14,26,29H,2-4,7-8,11H2,1H3,(H,27,30). The lowest BCUT2D eigenvalue weighted by Crippen LogP contribution is -2.26. The smallest absolute Gasteiger partial charge is 0.277 e. The van der Waals surface area contributed by atoms with E-state index in [0.29, 0.717) is 36.7 Å². The first kappa shape index (κ1) is 22.0. The van der Waals surface area contributed by atoms with E-state index >= 15 is 4.39 Å². The minimum atomic E-state index is -0.606. The van der Waals surface area contributed by atoms with Gasteiger partial charge in [0.1, 0.15) is 5.52 Å². The van der Waals surface area contributed by atoms with E-state index < -0.39 is 11.7 Å². The lowest BCUT2D eigenvalue weighted by Gasteiger charge is -2.16. The van der Waals surface area contributed by atoms with Gasteiger partial charge in [-0.2, -0.15) is 0 Å². The highest BCUT2D eigenvalue weighted by Gasteiger charge is 2.24. The van der Waals surface area contributed by atoms with Gasteiger partial charge in [-0.3, -0.25) is 9.63 Å². The van der Waals surface area contributed by atoms with Crippen LogP contribution >= 0.6 is 22.6 Å².